The molecule has 0 atom stereocenters. The van der Waals surface area contributed by atoms with E-state index < -0.39 is 5.91 Å². The van der Waals surface area contributed by atoms with Crippen molar-refractivity contribution in [1.29, 1.82) is 0 Å². The molecule has 0 bridgehead atoms. The van der Waals surface area contributed by atoms with E-state index in [0.29, 0.717) is 48.3 Å². The molecule has 0 unspecified atom stereocenters. The van der Waals surface area contributed by atoms with Crippen LogP contribution in [0.4, 0.5) is 15.6 Å². The number of thiazole rings is 1. The summed E-state index contributed by atoms with van der Waals surface area (Å²) in [5.74, 6) is -0.808. The zero-order valence-corrected chi connectivity index (χ0v) is 17.2. The van der Waals surface area contributed by atoms with E-state index in [9.17, 15) is 19.2 Å². The molecule has 1 fully saturated rings. The molecule has 4 N–H and O–H groups in total. The maximum absolute atomic E-state index is 12.4. The minimum Gasteiger partial charge on any atom is -0.366 e. The Morgan fingerprint density at radius 2 is 1.67 bits per heavy atom. The van der Waals surface area contributed by atoms with E-state index in [1.54, 1.807) is 27.3 Å². The molecule has 0 radical (unpaired) electrons. The minimum atomic E-state index is -0.536. The number of nitrogens with zero attached hydrogens (tertiary/aromatic N) is 3. The fourth-order valence-electron chi connectivity index (χ4n) is 2.93. The van der Waals surface area contributed by atoms with E-state index in [0.717, 1.165) is 0 Å². The minimum absolute atomic E-state index is 0.00159. The number of hydrogen-bond acceptors (Lipinski definition) is 6. The molecule has 10 nitrogen and oxygen atoms in total. The number of nitrogens with one attached hydrogen (secondary N) is 2. The Morgan fingerprint density at radius 3 is 2.27 bits per heavy atom. The number of hydrogen-bond donors (Lipinski definition) is 3. The van der Waals surface area contributed by atoms with Crippen LogP contribution >= 0.6 is 11.3 Å². The maximum Gasteiger partial charge on any atom is 0.323 e. The molecular weight excluding hydrogens is 408 g/mol. The van der Waals surface area contributed by atoms with Crippen molar-refractivity contribution >= 4 is 45.9 Å². The smallest absolute Gasteiger partial charge is 0.323 e. The standard InChI is InChI=1S/C19H22N6O4S/c1-12(26)24-6-8-25(9-7-24)19(29)23-18-22-15(11-30-18)10-16(27)21-14-4-2-13(3-5-14)17(20)28/h2-5,11H,6-10H2,1H3,(H2,20,28)(H,21,27)(H,22,23,29). The molecule has 2 aromatic rings. The van der Waals surface area contributed by atoms with Crippen LogP contribution in [0.2, 0.25) is 0 Å². The van der Waals surface area contributed by atoms with Crippen LogP contribution in [-0.2, 0) is 16.0 Å². The van der Waals surface area contributed by atoms with Gasteiger partial charge in [0.05, 0.1) is 12.1 Å². The highest BCUT2D eigenvalue weighted by molar-refractivity contribution is 7.13. The van der Waals surface area contributed by atoms with E-state index in [2.05, 4.69) is 15.6 Å². The third-order valence-corrected chi connectivity index (χ3v) is 5.38. The summed E-state index contributed by atoms with van der Waals surface area (Å²) in [6.45, 7) is 3.44. The summed E-state index contributed by atoms with van der Waals surface area (Å²) in [5.41, 5.74) is 6.62. The van der Waals surface area contributed by atoms with Crippen LogP contribution in [0.3, 0.4) is 0 Å². The molecule has 3 rings (SSSR count). The predicted molar refractivity (Wildman–Crippen MR) is 112 cm³/mol. The number of benzene rings is 1. The van der Waals surface area contributed by atoms with Gasteiger partial charge in [0, 0.05) is 49.7 Å². The zero-order chi connectivity index (χ0) is 21.7. The number of carbonyl (C=O) groups is 4. The molecule has 30 heavy (non-hydrogen) atoms. The highest BCUT2D eigenvalue weighted by Gasteiger charge is 2.23. The van der Waals surface area contributed by atoms with Gasteiger partial charge in [-0.3, -0.25) is 19.7 Å². The Bertz CT molecular complexity index is 950. The predicted octanol–water partition coefficient (Wildman–Crippen LogP) is 1.12. The molecule has 1 aromatic carbocycles. The van der Waals surface area contributed by atoms with Gasteiger partial charge in [-0.2, -0.15) is 0 Å². The molecule has 5 amide bonds. The lowest BCUT2D eigenvalue weighted by atomic mass is 10.2. The number of primary amides is 1. The largest absolute Gasteiger partial charge is 0.366 e. The lowest BCUT2D eigenvalue weighted by Crippen LogP contribution is -2.51. The van der Waals surface area contributed by atoms with Gasteiger partial charge in [-0.15, -0.1) is 11.3 Å². The van der Waals surface area contributed by atoms with Crippen molar-refractivity contribution in [2.75, 3.05) is 36.8 Å². The Balaban J connectivity index is 1.48. The van der Waals surface area contributed by atoms with Gasteiger partial charge in [0.2, 0.25) is 17.7 Å². The van der Waals surface area contributed by atoms with Crippen molar-refractivity contribution in [2.24, 2.45) is 5.73 Å². The van der Waals surface area contributed by atoms with Crippen molar-refractivity contribution in [1.82, 2.24) is 14.8 Å². The van der Waals surface area contributed by atoms with Gasteiger partial charge >= 0.3 is 6.03 Å². The van der Waals surface area contributed by atoms with E-state index in [1.807, 2.05) is 0 Å². The number of rotatable bonds is 5. The maximum atomic E-state index is 12.4. The SMILES string of the molecule is CC(=O)N1CCN(C(=O)Nc2nc(CC(=O)Nc3ccc(C(N)=O)cc3)cs2)CC1. The summed E-state index contributed by atoms with van der Waals surface area (Å²) in [6.07, 6.45) is 0.0429. The number of anilines is 2. The third-order valence-electron chi connectivity index (χ3n) is 4.57. The first-order chi connectivity index (χ1) is 14.3. The van der Waals surface area contributed by atoms with Gasteiger partial charge in [0.25, 0.3) is 0 Å². The van der Waals surface area contributed by atoms with Crippen molar-refractivity contribution < 1.29 is 19.2 Å². The van der Waals surface area contributed by atoms with Crippen LogP contribution in [-0.4, -0.2) is 64.7 Å². The van der Waals surface area contributed by atoms with Crippen LogP contribution in [0, 0.1) is 0 Å². The van der Waals surface area contributed by atoms with E-state index in [1.165, 1.54) is 30.4 Å². The number of urea groups is 1. The first kappa shape index (κ1) is 21.2. The van der Waals surface area contributed by atoms with Crippen molar-refractivity contribution in [3.63, 3.8) is 0 Å². The van der Waals surface area contributed by atoms with Crippen molar-refractivity contribution in [3.05, 3.63) is 40.9 Å². The summed E-state index contributed by atoms with van der Waals surface area (Å²) < 4.78 is 0. The monoisotopic (exact) mass is 430 g/mol. The Labute approximate surface area is 177 Å². The molecule has 2 heterocycles. The summed E-state index contributed by atoms with van der Waals surface area (Å²) in [5, 5.41) is 7.56. The highest BCUT2D eigenvalue weighted by atomic mass is 32.1. The molecule has 0 spiro atoms. The van der Waals surface area contributed by atoms with Gasteiger partial charge in [0.15, 0.2) is 5.13 Å². The van der Waals surface area contributed by atoms with Gasteiger partial charge in [-0.25, -0.2) is 9.78 Å². The second-order valence-corrected chi connectivity index (χ2v) is 7.59. The van der Waals surface area contributed by atoms with Gasteiger partial charge in [-0.05, 0) is 24.3 Å². The number of aromatic nitrogens is 1. The lowest BCUT2D eigenvalue weighted by Gasteiger charge is -2.33. The second-order valence-electron chi connectivity index (χ2n) is 6.73. The van der Waals surface area contributed by atoms with Crippen LogP contribution in [0.25, 0.3) is 0 Å². The van der Waals surface area contributed by atoms with E-state index in [-0.39, 0.29) is 24.3 Å². The fourth-order valence-corrected chi connectivity index (χ4v) is 3.63. The van der Waals surface area contributed by atoms with Crippen LogP contribution < -0.4 is 16.4 Å². The number of piperazine rings is 1. The normalized spacial score (nSPS) is 13.6. The summed E-state index contributed by atoms with van der Waals surface area (Å²) in [4.78, 5) is 54.6. The Kier molecular flexibility index (Phi) is 6.62. The molecule has 0 saturated carbocycles. The lowest BCUT2D eigenvalue weighted by molar-refractivity contribution is -0.130. The second kappa shape index (κ2) is 9.35. The molecule has 0 aliphatic carbocycles. The average Bonchev–Trinajstić information content (AvgIpc) is 3.14. The van der Waals surface area contributed by atoms with E-state index in [4.69, 9.17) is 5.73 Å². The molecular formula is C19H22N6O4S. The third kappa shape index (κ3) is 5.54. The van der Waals surface area contributed by atoms with Gasteiger partial charge < -0.3 is 20.9 Å². The number of nitrogens with two attached hydrogens (primary N) is 1. The molecule has 1 aromatic heterocycles. The summed E-state index contributed by atoms with van der Waals surface area (Å²) in [6, 6.07) is 5.97. The average molecular weight is 430 g/mol. The highest BCUT2D eigenvalue weighted by Crippen LogP contribution is 2.18. The first-order valence-corrected chi connectivity index (χ1v) is 10.2. The van der Waals surface area contributed by atoms with Crippen LogP contribution in [0.15, 0.2) is 29.6 Å². The molecule has 158 valence electrons. The topological polar surface area (TPSA) is 138 Å². The van der Waals surface area contributed by atoms with Crippen LogP contribution in [0.5, 0.6) is 0 Å². The fraction of sp³-hybridized carbons (Fsp3) is 0.316. The van der Waals surface area contributed by atoms with E-state index >= 15 is 0 Å². The Hall–Kier alpha value is -3.47. The van der Waals surface area contributed by atoms with Gasteiger partial charge in [-0.1, -0.05) is 0 Å². The van der Waals surface area contributed by atoms with Crippen molar-refractivity contribution in [3.8, 4) is 0 Å². The first-order valence-electron chi connectivity index (χ1n) is 9.27. The number of amides is 5. The summed E-state index contributed by atoms with van der Waals surface area (Å²) in [7, 11) is 0. The molecule has 11 heteroatoms. The zero-order valence-electron chi connectivity index (χ0n) is 16.4. The Morgan fingerprint density at radius 1 is 1.03 bits per heavy atom. The molecule has 1 saturated heterocycles. The molecule has 1 aliphatic rings. The quantitative estimate of drug-likeness (QED) is 0.653. The van der Waals surface area contributed by atoms with Crippen molar-refractivity contribution in [2.45, 2.75) is 13.3 Å². The van der Waals surface area contributed by atoms with Gasteiger partial charge in [0.1, 0.15) is 0 Å². The molecule has 1 aliphatic heterocycles. The number of carbonyl (C=O) groups excluding carboxylic acids is 4. The van der Waals surface area contributed by atoms with Crippen LogP contribution in [0.1, 0.15) is 23.0 Å². The summed E-state index contributed by atoms with van der Waals surface area (Å²) >= 11 is 1.24.